The first-order chi connectivity index (χ1) is 8.76. The third-order valence-electron chi connectivity index (χ3n) is 3.25. The zero-order chi connectivity index (χ0) is 13.0. The van der Waals surface area contributed by atoms with Crippen molar-refractivity contribution >= 4 is 0 Å². The predicted octanol–water partition coefficient (Wildman–Crippen LogP) is 1.18. The number of phenols is 1. The molecule has 2 N–H and O–H groups in total. The van der Waals surface area contributed by atoms with Crippen molar-refractivity contribution in [2.24, 2.45) is 0 Å². The number of hydrogen-bond acceptors (Lipinski definition) is 4. The normalized spacial score (nSPS) is 18.2. The zero-order valence-electron chi connectivity index (χ0n) is 10.1. The molecule has 1 fully saturated rings. The van der Waals surface area contributed by atoms with Crippen molar-refractivity contribution in [3.05, 3.63) is 29.3 Å². The van der Waals surface area contributed by atoms with Crippen molar-refractivity contribution in [3.8, 4) is 11.8 Å². The summed E-state index contributed by atoms with van der Waals surface area (Å²) in [6.45, 7) is 2.54. The Hall–Kier alpha value is -1.64. The van der Waals surface area contributed by atoms with Gasteiger partial charge in [0.05, 0.1) is 17.7 Å². The van der Waals surface area contributed by atoms with Gasteiger partial charge in [0.25, 0.3) is 0 Å². The van der Waals surface area contributed by atoms with Crippen LogP contribution < -0.4 is 5.32 Å². The van der Waals surface area contributed by atoms with Gasteiger partial charge >= 0.3 is 0 Å². The van der Waals surface area contributed by atoms with Crippen LogP contribution in [-0.2, 0) is 0 Å². The van der Waals surface area contributed by atoms with Gasteiger partial charge in [-0.2, -0.15) is 5.26 Å². The number of phenolic OH excluding ortho intramolecular Hbond substituents is 1. The van der Waals surface area contributed by atoms with Gasteiger partial charge in [0.15, 0.2) is 0 Å². The summed E-state index contributed by atoms with van der Waals surface area (Å²) in [7, 11) is 0. The topological polar surface area (TPSA) is 59.3 Å². The molecule has 0 radical (unpaired) electrons. The number of aromatic hydroxyl groups is 1. The molecule has 0 unspecified atom stereocenters. The van der Waals surface area contributed by atoms with Crippen LogP contribution in [0.1, 0.15) is 17.2 Å². The van der Waals surface area contributed by atoms with E-state index in [0.717, 1.165) is 26.2 Å². The van der Waals surface area contributed by atoms with Crippen molar-refractivity contribution in [1.29, 1.82) is 5.26 Å². The Morgan fingerprint density at radius 2 is 2.17 bits per heavy atom. The maximum atomic E-state index is 13.3. The molecule has 1 aromatic rings. The van der Waals surface area contributed by atoms with E-state index in [1.165, 1.54) is 12.1 Å². The molecule has 1 aliphatic rings. The van der Waals surface area contributed by atoms with E-state index < -0.39 is 12.7 Å². The summed E-state index contributed by atoms with van der Waals surface area (Å²) in [6, 6.07) is 6.10. The van der Waals surface area contributed by atoms with Crippen LogP contribution in [0.4, 0.5) is 4.39 Å². The van der Waals surface area contributed by atoms with E-state index in [9.17, 15) is 9.50 Å². The lowest BCUT2D eigenvalue weighted by Crippen LogP contribution is -2.45. The SMILES string of the molecule is N#Cc1ccc(O)c([C@@H](CF)N2CCNCC2)c1. The van der Waals surface area contributed by atoms with Gasteiger partial charge in [-0.25, -0.2) is 4.39 Å². The van der Waals surface area contributed by atoms with Crippen molar-refractivity contribution in [3.63, 3.8) is 0 Å². The maximum Gasteiger partial charge on any atom is 0.120 e. The van der Waals surface area contributed by atoms with Gasteiger partial charge in [-0.05, 0) is 18.2 Å². The molecule has 18 heavy (non-hydrogen) atoms. The highest BCUT2D eigenvalue weighted by Crippen LogP contribution is 2.30. The van der Waals surface area contributed by atoms with Crippen LogP contribution in [0.3, 0.4) is 0 Å². The van der Waals surface area contributed by atoms with Gasteiger partial charge in [0.2, 0.25) is 0 Å². The van der Waals surface area contributed by atoms with Crippen LogP contribution in [0.15, 0.2) is 18.2 Å². The Morgan fingerprint density at radius 1 is 1.44 bits per heavy atom. The highest BCUT2D eigenvalue weighted by molar-refractivity contribution is 5.43. The van der Waals surface area contributed by atoms with E-state index in [0.29, 0.717) is 11.1 Å². The third kappa shape index (κ3) is 2.61. The predicted molar refractivity (Wildman–Crippen MR) is 66.0 cm³/mol. The molecule has 1 heterocycles. The molecular weight excluding hydrogens is 233 g/mol. The lowest BCUT2D eigenvalue weighted by Gasteiger charge is -2.33. The van der Waals surface area contributed by atoms with E-state index in [4.69, 9.17) is 5.26 Å². The van der Waals surface area contributed by atoms with Gasteiger partial charge in [-0.1, -0.05) is 0 Å². The lowest BCUT2D eigenvalue weighted by atomic mass is 10.0. The van der Waals surface area contributed by atoms with Crippen molar-refractivity contribution in [1.82, 2.24) is 10.2 Å². The van der Waals surface area contributed by atoms with E-state index in [2.05, 4.69) is 5.32 Å². The fourth-order valence-corrected chi connectivity index (χ4v) is 2.26. The summed E-state index contributed by atoms with van der Waals surface area (Å²) in [6.07, 6.45) is 0. The second-order valence-electron chi connectivity index (χ2n) is 4.34. The smallest absolute Gasteiger partial charge is 0.120 e. The Labute approximate surface area is 106 Å². The minimum Gasteiger partial charge on any atom is -0.508 e. The standard InChI is InChI=1S/C13H16FN3O/c14-8-12(17-5-3-16-4-6-17)11-7-10(9-15)1-2-13(11)18/h1-2,7,12,16,18H,3-6,8H2/t12-/m1/s1. The zero-order valence-corrected chi connectivity index (χ0v) is 10.1. The van der Waals surface area contributed by atoms with Crippen molar-refractivity contribution in [2.45, 2.75) is 6.04 Å². The number of piperazine rings is 1. The Bertz CT molecular complexity index is 452. The summed E-state index contributed by atoms with van der Waals surface area (Å²) < 4.78 is 13.3. The number of hydrogen-bond donors (Lipinski definition) is 2. The van der Waals surface area contributed by atoms with Crippen molar-refractivity contribution < 1.29 is 9.50 Å². The monoisotopic (exact) mass is 249 g/mol. The number of alkyl halides is 1. The molecule has 1 aliphatic heterocycles. The van der Waals surface area contributed by atoms with Gasteiger partial charge in [-0.3, -0.25) is 4.90 Å². The van der Waals surface area contributed by atoms with Crippen LogP contribution in [0, 0.1) is 11.3 Å². The van der Waals surface area contributed by atoms with Crippen LogP contribution in [-0.4, -0.2) is 42.9 Å². The highest BCUT2D eigenvalue weighted by atomic mass is 19.1. The number of halogens is 1. The summed E-state index contributed by atoms with van der Waals surface area (Å²) in [5.41, 5.74) is 0.940. The van der Waals surface area contributed by atoms with E-state index >= 15 is 0 Å². The first-order valence-electron chi connectivity index (χ1n) is 6.00. The molecule has 1 atom stereocenters. The minimum absolute atomic E-state index is 0.0511. The highest BCUT2D eigenvalue weighted by Gasteiger charge is 2.24. The van der Waals surface area contributed by atoms with E-state index in [1.54, 1.807) is 6.07 Å². The van der Waals surface area contributed by atoms with E-state index in [1.807, 2.05) is 11.0 Å². The summed E-state index contributed by atoms with van der Waals surface area (Å²) in [5.74, 6) is 0.0511. The van der Waals surface area contributed by atoms with Gasteiger partial charge in [0.1, 0.15) is 12.4 Å². The minimum atomic E-state index is -0.567. The number of nitrogens with one attached hydrogen (secondary N) is 1. The molecule has 5 heteroatoms. The molecule has 4 nitrogen and oxygen atoms in total. The molecule has 0 amide bonds. The Kier molecular flexibility index (Phi) is 4.13. The number of benzene rings is 1. The van der Waals surface area contributed by atoms with Crippen LogP contribution in [0.5, 0.6) is 5.75 Å². The Morgan fingerprint density at radius 3 is 2.78 bits per heavy atom. The quantitative estimate of drug-likeness (QED) is 0.844. The number of nitrogens with zero attached hydrogens (tertiary/aromatic N) is 2. The van der Waals surface area contributed by atoms with E-state index in [-0.39, 0.29) is 5.75 Å². The Balaban J connectivity index is 2.28. The fourth-order valence-electron chi connectivity index (χ4n) is 2.26. The molecular formula is C13H16FN3O. The molecule has 0 aliphatic carbocycles. The summed E-state index contributed by atoms with van der Waals surface area (Å²) >= 11 is 0. The third-order valence-corrected chi connectivity index (χ3v) is 3.25. The van der Waals surface area contributed by atoms with Gasteiger partial charge < -0.3 is 10.4 Å². The summed E-state index contributed by atoms with van der Waals surface area (Å²) in [4.78, 5) is 1.99. The first-order valence-corrected chi connectivity index (χ1v) is 6.00. The summed E-state index contributed by atoms with van der Waals surface area (Å²) in [5, 5.41) is 21.9. The van der Waals surface area contributed by atoms with Crippen LogP contribution in [0.2, 0.25) is 0 Å². The molecule has 0 bridgehead atoms. The largest absolute Gasteiger partial charge is 0.508 e. The average molecular weight is 249 g/mol. The molecule has 0 aromatic heterocycles. The maximum absolute atomic E-state index is 13.3. The molecule has 1 saturated heterocycles. The number of rotatable bonds is 3. The van der Waals surface area contributed by atoms with Crippen LogP contribution >= 0.6 is 0 Å². The van der Waals surface area contributed by atoms with Crippen LogP contribution in [0.25, 0.3) is 0 Å². The first kappa shape index (κ1) is 12.8. The second-order valence-corrected chi connectivity index (χ2v) is 4.34. The fraction of sp³-hybridized carbons (Fsp3) is 0.462. The second kappa shape index (κ2) is 5.80. The molecule has 0 saturated carbocycles. The lowest BCUT2D eigenvalue weighted by molar-refractivity contribution is 0.145. The molecule has 96 valence electrons. The van der Waals surface area contributed by atoms with Gasteiger partial charge in [-0.15, -0.1) is 0 Å². The molecule has 0 spiro atoms. The number of nitriles is 1. The molecule has 1 aromatic carbocycles. The average Bonchev–Trinajstić information content (AvgIpc) is 2.43. The van der Waals surface area contributed by atoms with Crippen molar-refractivity contribution in [2.75, 3.05) is 32.9 Å². The van der Waals surface area contributed by atoms with Gasteiger partial charge in [0, 0.05) is 31.7 Å². The molecule has 2 rings (SSSR count).